The third kappa shape index (κ3) is 5.59. The number of nitro benzene ring substituents is 1. The zero-order valence-electron chi connectivity index (χ0n) is 18.8. The Hall–Kier alpha value is -4.37. The summed E-state index contributed by atoms with van der Waals surface area (Å²) >= 11 is 6.41. The van der Waals surface area contributed by atoms with E-state index in [9.17, 15) is 14.9 Å². The molecule has 1 amide bonds. The number of methoxy groups -OCH3 is 1. The number of furan rings is 1. The van der Waals surface area contributed by atoms with Crippen LogP contribution >= 0.6 is 11.6 Å². The molecule has 0 unspecified atom stereocenters. The first-order chi connectivity index (χ1) is 16.8. The molecule has 0 aliphatic carbocycles. The highest BCUT2D eigenvalue weighted by molar-refractivity contribution is 6.32. The van der Waals surface area contributed by atoms with Crippen molar-refractivity contribution in [2.45, 2.75) is 13.5 Å². The number of nitro groups is 1. The number of carbonyl (C=O) groups excluding carboxylic acids is 1. The monoisotopic (exact) mass is 493 g/mol. The number of non-ortho nitro benzene ring substituents is 1. The van der Waals surface area contributed by atoms with E-state index in [0.29, 0.717) is 39.7 Å². The minimum Gasteiger partial charge on any atom is -0.493 e. The molecule has 10 heteroatoms. The second-order valence-corrected chi connectivity index (χ2v) is 8.01. The van der Waals surface area contributed by atoms with Gasteiger partial charge in [0.25, 0.3) is 5.69 Å². The zero-order chi connectivity index (χ0) is 24.9. The van der Waals surface area contributed by atoms with Crippen LogP contribution in [0.4, 0.5) is 5.69 Å². The summed E-state index contributed by atoms with van der Waals surface area (Å²) in [5.74, 6) is 0.162. The highest BCUT2D eigenvalue weighted by Crippen LogP contribution is 2.36. The van der Waals surface area contributed by atoms with Crippen LogP contribution in [0.2, 0.25) is 5.02 Å². The van der Waals surface area contributed by atoms with Gasteiger partial charge in [0.2, 0.25) is 0 Å². The topological polar surface area (TPSA) is 116 Å². The van der Waals surface area contributed by atoms with Crippen molar-refractivity contribution < 1.29 is 23.6 Å². The second kappa shape index (κ2) is 10.3. The number of halogens is 1. The van der Waals surface area contributed by atoms with Crippen LogP contribution < -0.4 is 14.9 Å². The summed E-state index contributed by atoms with van der Waals surface area (Å²) in [6.07, 6.45) is 1.39. The van der Waals surface area contributed by atoms with Gasteiger partial charge in [0.1, 0.15) is 12.2 Å². The van der Waals surface area contributed by atoms with E-state index in [0.717, 1.165) is 11.1 Å². The molecular weight excluding hydrogens is 474 g/mol. The average molecular weight is 494 g/mol. The summed E-state index contributed by atoms with van der Waals surface area (Å²) in [5, 5.41) is 15.6. The summed E-state index contributed by atoms with van der Waals surface area (Å²) in [4.78, 5) is 22.8. The molecule has 0 atom stereocenters. The van der Waals surface area contributed by atoms with Gasteiger partial charge in [0, 0.05) is 17.5 Å². The van der Waals surface area contributed by atoms with Crippen LogP contribution in [0, 0.1) is 17.0 Å². The van der Waals surface area contributed by atoms with Gasteiger partial charge >= 0.3 is 5.91 Å². The van der Waals surface area contributed by atoms with E-state index >= 15 is 0 Å². The molecule has 1 aromatic heterocycles. The van der Waals surface area contributed by atoms with Crippen LogP contribution in [0.3, 0.4) is 0 Å². The number of ether oxygens (including phenoxy) is 2. The Labute approximate surface area is 205 Å². The maximum atomic E-state index is 12.4. The molecule has 3 aromatic carbocycles. The molecule has 0 spiro atoms. The fourth-order valence-electron chi connectivity index (χ4n) is 3.39. The first-order valence-electron chi connectivity index (χ1n) is 10.4. The number of rotatable bonds is 8. The lowest BCUT2D eigenvalue weighted by Gasteiger charge is -2.13. The Morgan fingerprint density at radius 1 is 1.20 bits per heavy atom. The molecule has 4 rings (SSSR count). The molecule has 0 fully saturated rings. The number of fused-ring (bicyclic) bond motifs is 1. The van der Waals surface area contributed by atoms with E-state index in [1.807, 2.05) is 31.2 Å². The maximum absolute atomic E-state index is 12.4. The van der Waals surface area contributed by atoms with Crippen molar-refractivity contribution in [2.24, 2.45) is 5.10 Å². The molecule has 0 aliphatic rings. The van der Waals surface area contributed by atoms with Crippen LogP contribution in [0.25, 0.3) is 11.0 Å². The molecule has 0 aliphatic heterocycles. The van der Waals surface area contributed by atoms with Crippen molar-refractivity contribution in [2.75, 3.05) is 7.11 Å². The van der Waals surface area contributed by atoms with Crippen molar-refractivity contribution in [1.82, 2.24) is 5.43 Å². The standard InChI is InChI=1S/C25H20ClN3O6/c1-15-4-3-5-16(8-15)14-34-24-20(26)9-17(10-22(24)33-2)13-27-28-25(30)23-12-18-11-19(29(31)32)6-7-21(18)35-23/h3-13H,14H2,1-2H3,(H,28,30)/b27-13-. The van der Waals surface area contributed by atoms with Gasteiger partial charge in [-0.15, -0.1) is 0 Å². The molecular formula is C25H20ClN3O6. The highest BCUT2D eigenvalue weighted by Gasteiger charge is 2.15. The predicted molar refractivity (Wildman–Crippen MR) is 131 cm³/mol. The summed E-state index contributed by atoms with van der Waals surface area (Å²) in [6.45, 7) is 2.33. The molecule has 1 heterocycles. The summed E-state index contributed by atoms with van der Waals surface area (Å²) in [5.41, 5.74) is 5.30. The molecule has 0 saturated heterocycles. The average Bonchev–Trinajstić information content (AvgIpc) is 3.26. The fraction of sp³-hybridized carbons (Fsp3) is 0.120. The summed E-state index contributed by atoms with van der Waals surface area (Å²) in [7, 11) is 1.50. The van der Waals surface area contributed by atoms with E-state index in [1.54, 1.807) is 12.1 Å². The third-order valence-electron chi connectivity index (χ3n) is 5.03. The van der Waals surface area contributed by atoms with Gasteiger partial charge in [-0.05, 0) is 42.3 Å². The lowest BCUT2D eigenvalue weighted by atomic mass is 10.1. The van der Waals surface area contributed by atoms with Gasteiger partial charge in [-0.1, -0.05) is 41.4 Å². The number of aryl methyl sites for hydroxylation is 1. The van der Waals surface area contributed by atoms with E-state index in [4.69, 9.17) is 25.5 Å². The van der Waals surface area contributed by atoms with Gasteiger partial charge in [-0.2, -0.15) is 5.10 Å². The number of carbonyl (C=O) groups is 1. The molecule has 178 valence electrons. The van der Waals surface area contributed by atoms with E-state index < -0.39 is 10.8 Å². The smallest absolute Gasteiger partial charge is 0.307 e. The Balaban J connectivity index is 1.44. The first-order valence-corrected chi connectivity index (χ1v) is 10.8. The Morgan fingerprint density at radius 3 is 2.77 bits per heavy atom. The first kappa shape index (κ1) is 23.8. The lowest BCUT2D eigenvalue weighted by Crippen LogP contribution is -2.16. The fourth-order valence-corrected chi connectivity index (χ4v) is 3.66. The van der Waals surface area contributed by atoms with Crippen molar-refractivity contribution in [3.8, 4) is 11.5 Å². The van der Waals surface area contributed by atoms with Crippen molar-refractivity contribution in [3.63, 3.8) is 0 Å². The molecule has 1 N–H and O–H groups in total. The van der Waals surface area contributed by atoms with Gasteiger partial charge in [0.15, 0.2) is 17.3 Å². The molecule has 35 heavy (non-hydrogen) atoms. The van der Waals surface area contributed by atoms with Crippen LogP contribution in [0.15, 0.2) is 70.2 Å². The number of benzene rings is 3. The van der Waals surface area contributed by atoms with E-state index in [1.165, 1.54) is 37.6 Å². The largest absolute Gasteiger partial charge is 0.493 e. The van der Waals surface area contributed by atoms with Crippen molar-refractivity contribution >= 4 is 40.4 Å². The summed E-state index contributed by atoms with van der Waals surface area (Å²) < 4.78 is 16.7. The number of nitrogens with one attached hydrogen (secondary N) is 1. The number of hydrogen-bond donors (Lipinski definition) is 1. The SMILES string of the molecule is COc1cc(/C=N\NC(=O)c2cc3cc([N+](=O)[O-])ccc3o2)cc(Cl)c1OCc1cccc(C)c1. The van der Waals surface area contributed by atoms with Crippen molar-refractivity contribution in [3.05, 3.63) is 98.3 Å². The molecule has 0 bridgehead atoms. The van der Waals surface area contributed by atoms with Crippen LogP contribution in [-0.2, 0) is 6.61 Å². The van der Waals surface area contributed by atoms with E-state index in [-0.39, 0.29) is 11.4 Å². The molecule has 9 nitrogen and oxygen atoms in total. The number of hydrazone groups is 1. The Bertz CT molecular complexity index is 1450. The minimum absolute atomic E-state index is 0.0341. The van der Waals surface area contributed by atoms with Gasteiger partial charge in [0.05, 0.1) is 23.3 Å². The highest BCUT2D eigenvalue weighted by atomic mass is 35.5. The van der Waals surface area contributed by atoms with Gasteiger partial charge in [-0.25, -0.2) is 5.43 Å². The van der Waals surface area contributed by atoms with E-state index in [2.05, 4.69) is 10.5 Å². The predicted octanol–water partition coefficient (Wildman–Crippen LogP) is 5.65. The Kier molecular flexibility index (Phi) is 6.98. The third-order valence-corrected chi connectivity index (χ3v) is 5.31. The van der Waals surface area contributed by atoms with Gasteiger partial charge in [-0.3, -0.25) is 14.9 Å². The van der Waals surface area contributed by atoms with Crippen LogP contribution in [-0.4, -0.2) is 24.2 Å². The molecule has 0 radical (unpaired) electrons. The normalized spacial score (nSPS) is 11.1. The molecule has 4 aromatic rings. The number of amides is 1. The summed E-state index contributed by atoms with van der Waals surface area (Å²) in [6, 6.07) is 16.7. The Morgan fingerprint density at radius 2 is 2.03 bits per heavy atom. The van der Waals surface area contributed by atoms with Crippen molar-refractivity contribution in [1.29, 1.82) is 0 Å². The maximum Gasteiger partial charge on any atom is 0.307 e. The minimum atomic E-state index is -0.615. The van der Waals surface area contributed by atoms with Crippen LogP contribution in [0.1, 0.15) is 27.2 Å². The second-order valence-electron chi connectivity index (χ2n) is 7.60. The molecule has 0 saturated carbocycles. The number of hydrogen-bond acceptors (Lipinski definition) is 7. The zero-order valence-corrected chi connectivity index (χ0v) is 19.5. The quantitative estimate of drug-likeness (QED) is 0.192. The number of nitrogens with zero attached hydrogens (tertiary/aromatic N) is 2. The van der Waals surface area contributed by atoms with Gasteiger partial charge < -0.3 is 13.9 Å². The van der Waals surface area contributed by atoms with Crippen LogP contribution in [0.5, 0.6) is 11.5 Å². The lowest BCUT2D eigenvalue weighted by molar-refractivity contribution is -0.384.